The number of rotatable bonds is 4. The summed E-state index contributed by atoms with van der Waals surface area (Å²) in [6.07, 6.45) is 3.30. The minimum absolute atomic E-state index is 0.485. The minimum atomic E-state index is 0.485. The fourth-order valence-electron chi connectivity index (χ4n) is 1.28. The van der Waals surface area contributed by atoms with Crippen LogP contribution in [0, 0.1) is 0 Å². The highest BCUT2D eigenvalue weighted by Crippen LogP contribution is 2.33. The molecule has 1 aromatic carbocycles. The van der Waals surface area contributed by atoms with Crippen molar-refractivity contribution in [2.75, 3.05) is 11.1 Å². The molecule has 0 saturated carbocycles. The Hall–Kier alpha value is -0.880. The van der Waals surface area contributed by atoms with Gasteiger partial charge in [0.25, 0.3) is 0 Å². The van der Waals surface area contributed by atoms with Crippen LogP contribution in [0.15, 0.2) is 41.6 Å². The second-order valence-electron chi connectivity index (χ2n) is 3.46. The summed E-state index contributed by atoms with van der Waals surface area (Å²) in [4.78, 5) is 9.52. The molecule has 0 bridgehead atoms. The molecule has 0 radical (unpaired) electrons. The van der Waals surface area contributed by atoms with E-state index >= 15 is 0 Å². The standard InChI is InChI=1S/C12H9Cl2N3S2/c13-8-3-1-4-9(14)11(8)19-7-10(18)17-12-15-5-2-6-16-12/h1-6H,7H2,(H,15,16,17,18). The lowest BCUT2D eigenvalue weighted by molar-refractivity contribution is 1.18. The molecule has 0 aliphatic rings. The zero-order valence-corrected chi connectivity index (χ0v) is 12.8. The van der Waals surface area contributed by atoms with Gasteiger partial charge in [0.05, 0.1) is 15.0 Å². The lowest BCUT2D eigenvalue weighted by atomic mass is 10.4. The van der Waals surface area contributed by atoms with Crippen LogP contribution in [-0.4, -0.2) is 20.7 Å². The van der Waals surface area contributed by atoms with Crippen LogP contribution < -0.4 is 5.32 Å². The molecule has 0 aliphatic carbocycles. The first-order valence-corrected chi connectivity index (χ1v) is 7.45. The molecule has 1 aromatic heterocycles. The van der Waals surface area contributed by atoms with E-state index in [0.29, 0.717) is 26.7 Å². The lowest BCUT2D eigenvalue weighted by Crippen LogP contribution is -2.13. The Balaban J connectivity index is 1.94. The van der Waals surface area contributed by atoms with E-state index in [9.17, 15) is 0 Å². The van der Waals surface area contributed by atoms with Crippen molar-refractivity contribution in [3.05, 3.63) is 46.7 Å². The van der Waals surface area contributed by atoms with Crippen molar-refractivity contribution in [1.82, 2.24) is 9.97 Å². The van der Waals surface area contributed by atoms with Gasteiger partial charge in [0, 0.05) is 23.0 Å². The smallest absolute Gasteiger partial charge is 0.227 e. The maximum Gasteiger partial charge on any atom is 0.227 e. The van der Waals surface area contributed by atoms with Crippen molar-refractivity contribution < 1.29 is 0 Å². The van der Waals surface area contributed by atoms with Gasteiger partial charge in [0.1, 0.15) is 0 Å². The molecule has 0 aliphatic heterocycles. The van der Waals surface area contributed by atoms with Gasteiger partial charge in [-0.25, -0.2) is 9.97 Å². The summed E-state index contributed by atoms with van der Waals surface area (Å²) < 4.78 is 0. The van der Waals surface area contributed by atoms with E-state index in [1.165, 1.54) is 11.8 Å². The average Bonchev–Trinajstić information content (AvgIpc) is 2.39. The number of benzene rings is 1. The number of hydrogen-bond acceptors (Lipinski definition) is 4. The lowest BCUT2D eigenvalue weighted by Gasteiger charge is -2.08. The van der Waals surface area contributed by atoms with Crippen LogP contribution in [0.1, 0.15) is 0 Å². The van der Waals surface area contributed by atoms with E-state index in [1.807, 2.05) is 6.07 Å². The zero-order valence-electron chi connectivity index (χ0n) is 9.64. The van der Waals surface area contributed by atoms with Gasteiger partial charge in [0.15, 0.2) is 0 Å². The predicted molar refractivity (Wildman–Crippen MR) is 85.4 cm³/mol. The highest BCUT2D eigenvalue weighted by Gasteiger charge is 2.08. The van der Waals surface area contributed by atoms with Gasteiger partial charge in [-0.2, -0.15) is 0 Å². The molecule has 0 unspecified atom stereocenters. The molecule has 0 atom stereocenters. The summed E-state index contributed by atoms with van der Waals surface area (Å²) in [6.45, 7) is 0. The Morgan fingerprint density at radius 1 is 1.16 bits per heavy atom. The molecule has 2 aromatic rings. The summed E-state index contributed by atoms with van der Waals surface area (Å²) in [5, 5.41) is 4.20. The van der Waals surface area contributed by atoms with Crippen molar-refractivity contribution in [1.29, 1.82) is 0 Å². The van der Waals surface area contributed by atoms with Gasteiger partial charge in [-0.05, 0) is 18.2 Å². The molecule has 1 heterocycles. The third-order valence-electron chi connectivity index (χ3n) is 2.08. The monoisotopic (exact) mass is 329 g/mol. The molecule has 0 saturated heterocycles. The highest BCUT2D eigenvalue weighted by molar-refractivity contribution is 8.01. The van der Waals surface area contributed by atoms with E-state index in [2.05, 4.69) is 15.3 Å². The number of halogens is 2. The molecule has 3 nitrogen and oxygen atoms in total. The molecule has 7 heteroatoms. The summed E-state index contributed by atoms with van der Waals surface area (Å²) in [5.41, 5.74) is 0. The van der Waals surface area contributed by atoms with Gasteiger partial charge in [-0.1, -0.05) is 41.5 Å². The first kappa shape index (κ1) is 14.5. The minimum Gasteiger partial charge on any atom is -0.318 e. The topological polar surface area (TPSA) is 37.8 Å². The highest BCUT2D eigenvalue weighted by atomic mass is 35.5. The number of hydrogen-bond donors (Lipinski definition) is 1. The Labute approximate surface area is 130 Å². The van der Waals surface area contributed by atoms with E-state index in [-0.39, 0.29) is 0 Å². The van der Waals surface area contributed by atoms with Crippen LogP contribution in [-0.2, 0) is 0 Å². The summed E-state index contributed by atoms with van der Waals surface area (Å²) in [6, 6.07) is 7.15. The second kappa shape index (κ2) is 7.05. The quantitative estimate of drug-likeness (QED) is 0.668. The number of aromatic nitrogens is 2. The van der Waals surface area contributed by atoms with Crippen LogP contribution in [0.5, 0.6) is 0 Å². The number of nitrogens with zero attached hydrogens (tertiary/aromatic N) is 2. The third kappa shape index (κ3) is 4.31. The maximum absolute atomic E-state index is 6.08. The molecule has 0 spiro atoms. The normalized spacial score (nSPS) is 10.2. The Morgan fingerprint density at radius 3 is 2.42 bits per heavy atom. The molecular formula is C12H9Cl2N3S2. The van der Waals surface area contributed by atoms with Crippen LogP contribution in [0.25, 0.3) is 0 Å². The molecular weight excluding hydrogens is 321 g/mol. The number of thiocarbonyl (C=S) groups is 1. The van der Waals surface area contributed by atoms with Crippen LogP contribution in [0.2, 0.25) is 10.0 Å². The van der Waals surface area contributed by atoms with E-state index in [0.717, 1.165) is 4.90 Å². The molecule has 0 fully saturated rings. The second-order valence-corrected chi connectivity index (χ2v) is 5.75. The predicted octanol–water partition coefficient (Wildman–Crippen LogP) is 4.32. The molecule has 98 valence electrons. The Morgan fingerprint density at radius 2 is 1.79 bits per heavy atom. The van der Waals surface area contributed by atoms with Crippen LogP contribution >= 0.6 is 47.2 Å². The molecule has 2 rings (SSSR count). The average molecular weight is 330 g/mol. The van der Waals surface area contributed by atoms with Crippen LogP contribution in [0.3, 0.4) is 0 Å². The first-order valence-electron chi connectivity index (χ1n) is 5.30. The van der Waals surface area contributed by atoms with Gasteiger partial charge in [0.2, 0.25) is 5.95 Å². The number of anilines is 1. The first-order chi connectivity index (χ1) is 9.16. The van der Waals surface area contributed by atoms with Crippen molar-refractivity contribution in [2.45, 2.75) is 4.90 Å². The van der Waals surface area contributed by atoms with Crippen molar-refractivity contribution >= 4 is 58.1 Å². The number of nitrogens with one attached hydrogen (secondary N) is 1. The van der Waals surface area contributed by atoms with Crippen molar-refractivity contribution in [3.8, 4) is 0 Å². The summed E-state index contributed by atoms with van der Waals surface area (Å²) >= 11 is 18.9. The number of thioether (sulfide) groups is 1. The van der Waals surface area contributed by atoms with Gasteiger partial charge < -0.3 is 5.32 Å². The Kier molecular flexibility index (Phi) is 5.39. The molecule has 1 N–H and O–H groups in total. The molecule has 0 amide bonds. The SMILES string of the molecule is S=C(CSc1c(Cl)cccc1Cl)Nc1ncccn1. The van der Waals surface area contributed by atoms with E-state index in [1.54, 1.807) is 30.6 Å². The molecule has 19 heavy (non-hydrogen) atoms. The zero-order chi connectivity index (χ0) is 13.7. The summed E-state index contributed by atoms with van der Waals surface area (Å²) in [7, 11) is 0. The van der Waals surface area contributed by atoms with Crippen molar-refractivity contribution in [2.24, 2.45) is 0 Å². The van der Waals surface area contributed by atoms with Gasteiger partial charge in [-0.15, -0.1) is 11.8 Å². The third-order valence-corrected chi connectivity index (χ3v) is 4.53. The largest absolute Gasteiger partial charge is 0.318 e. The van der Waals surface area contributed by atoms with Crippen molar-refractivity contribution in [3.63, 3.8) is 0 Å². The van der Waals surface area contributed by atoms with Gasteiger partial charge >= 0.3 is 0 Å². The fourth-order valence-corrected chi connectivity index (χ4v) is 3.03. The van der Waals surface area contributed by atoms with E-state index < -0.39 is 0 Å². The maximum atomic E-state index is 6.08. The Bertz CT molecular complexity index is 558. The fraction of sp³-hybridized carbons (Fsp3) is 0.0833. The van der Waals surface area contributed by atoms with Gasteiger partial charge in [-0.3, -0.25) is 0 Å². The van der Waals surface area contributed by atoms with Crippen LogP contribution in [0.4, 0.5) is 5.95 Å². The summed E-state index contributed by atoms with van der Waals surface area (Å²) in [5.74, 6) is 1.04. The van der Waals surface area contributed by atoms with E-state index in [4.69, 9.17) is 35.4 Å².